The summed E-state index contributed by atoms with van der Waals surface area (Å²) < 4.78 is 37.4. The molecule has 38 heavy (non-hydrogen) atoms. The molecule has 1 aromatic carbocycles. The van der Waals surface area contributed by atoms with E-state index in [-0.39, 0.29) is 15.4 Å². The van der Waals surface area contributed by atoms with Gasteiger partial charge in [0.25, 0.3) is 10.0 Å². The van der Waals surface area contributed by atoms with Crippen LogP contribution in [0, 0.1) is 6.92 Å². The Morgan fingerprint density at radius 1 is 1.13 bits per heavy atom. The molecule has 1 atom stereocenters. The molecule has 0 radical (unpaired) electrons. The number of thiazole rings is 1. The lowest BCUT2D eigenvalue weighted by molar-refractivity contribution is 0.0602. The number of fused-ring (bicyclic) bond motifs is 1. The zero-order valence-corrected chi connectivity index (χ0v) is 23.1. The average molecular weight is 564 g/mol. The average Bonchev–Trinajstić information content (AvgIpc) is 3.28. The van der Waals surface area contributed by atoms with Gasteiger partial charge in [0.2, 0.25) is 0 Å². The first-order chi connectivity index (χ1) is 18.1. The standard InChI is InChI=1S/C23H29N7O6S2/c1-14(26-19-16-6-5-7-17(20(31)35-3)18(16)24-13-25-19)12-29-8-10-30(11-9-29)38(33,34)21-15(2)27-22(37-21)28-23(32)36-4/h5-7,13-14H,8-12H2,1-4H3,(H,24,25,26)(H,27,28,32)/t14-/m0/s1. The summed E-state index contributed by atoms with van der Waals surface area (Å²) >= 11 is 0.904. The molecule has 0 spiro atoms. The van der Waals surface area contributed by atoms with E-state index < -0.39 is 22.1 Å². The van der Waals surface area contributed by atoms with Gasteiger partial charge >= 0.3 is 12.1 Å². The Labute approximate surface area is 224 Å². The molecule has 1 amide bonds. The number of carbonyl (C=O) groups excluding carboxylic acids is 2. The molecule has 3 heterocycles. The number of methoxy groups -OCH3 is 2. The molecule has 1 fully saturated rings. The van der Waals surface area contributed by atoms with Crippen molar-refractivity contribution in [3.63, 3.8) is 0 Å². The van der Waals surface area contributed by atoms with Crippen LogP contribution in [0.1, 0.15) is 23.0 Å². The van der Waals surface area contributed by atoms with Gasteiger partial charge in [0.15, 0.2) is 9.34 Å². The summed E-state index contributed by atoms with van der Waals surface area (Å²) in [6, 6.07) is 5.24. The number of anilines is 2. The molecule has 3 aromatic rings. The van der Waals surface area contributed by atoms with Gasteiger partial charge in [0.05, 0.1) is 31.0 Å². The fourth-order valence-electron chi connectivity index (χ4n) is 4.23. The minimum atomic E-state index is -3.75. The number of aromatic nitrogens is 3. The highest BCUT2D eigenvalue weighted by Gasteiger charge is 2.32. The van der Waals surface area contributed by atoms with E-state index in [1.54, 1.807) is 19.1 Å². The van der Waals surface area contributed by atoms with Crippen LogP contribution in [0.5, 0.6) is 0 Å². The van der Waals surface area contributed by atoms with Crippen molar-refractivity contribution in [1.82, 2.24) is 24.2 Å². The van der Waals surface area contributed by atoms with Gasteiger partial charge in [-0.05, 0) is 26.0 Å². The molecular weight excluding hydrogens is 534 g/mol. The number of hydrogen-bond donors (Lipinski definition) is 2. The van der Waals surface area contributed by atoms with Crippen molar-refractivity contribution in [2.75, 3.05) is 57.6 Å². The van der Waals surface area contributed by atoms with Crippen LogP contribution in [-0.2, 0) is 19.5 Å². The van der Waals surface area contributed by atoms with Crippen LogP contribution in [0.15, 0.2) is 28.7 Å². The first-order valence-electron chi connectivity index (χ1n) is 11.8. The van der Waals surface area contributed by atoms with E-state index >= 15 is 0 Å². The molecule has 0 saturated carbocycles. The number of nitrogens with zero attached hydrogens (tertiary/aromatic N) is 5. The number of benzene rings is 1. The number of piperazine rings is 1. The highest BCUT2D eigenvalue weighted by molar-refractivity contribution is 7.91. The predicted molar refractivity (Wildman–Crippen MR) is 142 cm³/mol. The fraction of sp³-hybridized carbons (Fsp3) is 0.435. The SMILES string of the molecule is COC(=O)Nc1nc(C)c(S(=O)(=O)N2CCN(C[C@H](C)Nc3ncnc4c(C(=O)OC)cccc34)CC2)s1. The number of hydrogen-bond acceptors (Lipinski definition) is 12. The first kappa shape index (κ1) is 27.6. The highest BCUT2D eigenvalue weighted by atomic mass is 32.2. The van der Waals surface area contributed by atoms with E-state index in [1.165, 1.54) is 24.9 Å². The molecule has 0 unspecified atom stereocenters. The van der Waals surface area contributed by atoms with Crippen molar-refractivity contribution < 1.29 is 27.5 Å². The maximum Gasteiger partial charge on any atom is 0.413 e. The summed E-state index contributed by atoms with van der Waals surface area (Å²) in [6.45, 7) is 6.01. The van der Waals surface area contributed by atoms with Gasteiger partial charge in [-0.15, -0.1) is 0 Å². The Bertz CT molecular complexity index is 1440. The quantitative estimate of drug-likeness (QED) is 0.387. The summed E-state index contributed by atoms with van der Waals surface area (Å²) in [5.74, 6) is 0.136. The van der Waals surface area contributed by atoms with Crippen LogP contribution in [0.2, 0.25) is 0 Å². The van der Waals surface area contributed by atoms with E-state index in [0.717, 1.165) is 11.3 Å². The lowest BCUT2D eigenvalue weighted by Crippen LogP contribution is -2.50. The van der Waals surface area contributed by atoms with E-state index in [9.17, 15) is 18.0 Å². The summed E-state index contributed by atoms with van der Waals surface area (Å²) in [5, 5.41) is 6.68. The van der Waals surface area contributed by atoms with Crippen molar-refractivity contribution in [2.45, 2.75) is 24.1 Å². The van der Waals surface area contributed by atoms with Crippen LogP contribution in [0.3, 0.4) is 0 Å². The third kappa shape index (κ3) is 5.85. The maximum absolute atomic E-state index is 13.2. The van der Waals surface area contributed by atoms with E-state index in [1.807, 2.05) is 13.0 Å². The topological polar surface area (TPSA) is 156 Å². The number of nitrogens with one attached hydrogen (secondary N) is 2. The van der Waals surface area contributed by atoms with Gasteiger partial charge in [-0.25, -0.2) is 33.0 Å². The van der Waals surface area contributed by atoms with E-state index in [2.05, 4.69) is 35.2 Å². The molecule has 1 aliphatic rings. The van der Waals surface area contributed by atoms with Crippen LogP contribution < -0.4 is 10.6 Å². The number of rotatable bonds is 8. The zero-order valence-electron chi connectivity index (χ0n) is 21.4. The van der Waals surface area contributed by atoms with Gasteiger partial charge in [0.1, 0.15) is 12.1 Å². The Hall–Kier alpha value is -3.40. The maximum atomic E-state index is 13.2. The summed E-state index contributed by atoms with van der Waals surface area (Å²) in [6.07, 6.45) is 0.693. The van der Waals surface area contributed by atoms with Gasteiger partial charge < -0.3 is 14.8 Å². The number of ether oxygens (including phenoxy) is 2. The number of esters is 1. The Morgan fingerprint density at radius 2 is 1.87 bits per heavy atom. The van der Waals surface area contributed by atoms with Gasteiger partial charge in [-0.2, -0.15) is 4.31 Å². The first-order valence-corrected chi connectivity index (χ1v) is 14.0. The summed E-state index contributed by atoms with van der Waals surface area (Å²) in [7, 11) is -1.20. The highest BCUT2D eigenvalue weighted by Crippen LogP contribution is 2.30. The van der Waals surface area contributed by atoms with Crippen LogP contribution >= 0.6 is 11.3 Å². The van der Waals surface area contributed by atoms with Crippen LogP contribution in [0.4, 0.5) is 15.7 Å². The van der Waals surface area contributed by atoms with E-state index in [4.69, 9.17) is 4.74 Å². The minimum absolute atomic E-state index is 0.0197. The number of aryl methyl sites for hydroxylation is 1. The second-order valence-electron chi connectivity index (χ2n) is 8.67. The lowest BCUT2D eigenvalue weighted by atomic mass is 10.1. The van der Waals surface area contributed by atoms with Crippen molar-refractivity contribution in [1.29, 1.82) is 0 Å². The number of carbonyl (C=O) groups is 2. The molecule has 2 N–H and O–H groups in total. The molecule has 1 aliphatic heterocycles. The summed E-state index contributed by atoms with van der Waals surface area (Å²) in [4.78, 5) is 38.5. The molecule has 204 valence electrons. The molecule has 1 saturated heterocycles. The number of sulfonamides is 1. The smallest absolute Gasteiger partial charge is 0.413 e. The minimum Gasteiger partial charge on any atom is -0.465 e. The number of para-hydroxylation sites is 1. The lowest BCUT2D eigenvalue weighted by Gasteiger charge is -2.35. The Balaban J connectivity index is 1.38. The molecule has 0 aliphatic carbocycles. The molecular formula is C23H29N7O6S2. The predicted octanol–water partition coefficient (Wildman–Crippen LogP) is 2.17. The Morgan fingerprint density at radius 3 is 2.55 bits per heavy atom. The fourth-order valence-corrected chi connectivity index (χ4v) is 7.18. The van der Waals surface area contributed by atoms with Crippen molar-refractivity contribution in [2.24, 2.45) is 0 Å². The number of amides is 1. The van der Waals surface area contributed by atoms with Crippen molar-refractivity contribution >= 4 is 55.3 Å². The summed E-state index contributed by atoms with van der Waals surface area (Å²) in [5.41, 5.74) is 1.20. The Kier molecular flexibility index (Phi) is 8.40. The molecule has 0 bridgehead atoms. The molecule has 15 heteroatoms. The largest absolute Gasteiger partial charge is 0.465 e. The monoisotopic (exact) mass is 563 g/mol. The van der Waals surface area contributed by atoms with Gasteiger partial charge in [0, 0.05) is 44.2 Å². The van der Waals surface area contributed by atoms with Crippen molar-refractivity contribution in [3.8, 4) is 0 Å². The zero-order chi connectivity index (χ0) is 27.4. The normalized spacial score (nSPS) is 15.7. The van der Waals surface area contributed by atoms with Gasteiger partial charge in [-0.3, -0.25) is 10.2 Å². The van der Waals surface area contributed by atoms with E-state index in [0.29, 0.717) is 60.7 Å². The van der Waals surface area contributed by atoms with Crippen LogP contribution in [0.25, 0.3) is 10.9 Å². The second kappa shape index (κ2) is 11.6. The second-order valence-corrected chi connectivity index (χ2v) is 11.8. The third-order valence-corrected chi connectivity index (χ3v) is 9.60. The van der Waals surface area contributed by atoms with Crippen molar-refractivity contribution in [3.05, 3.63) is 35.8 Å². The molecule has 4 rings (SSSR count). The third-order valence-electron chi connectivity index (χ3n) is 6.04. The molecule has 13 nitrogen and oxygen atoms in total. The van der Waals surface area contributed by atoms with Gasteiger partial charge in [-0.1, -0.05) is 17.4 Å². The molecule has 2 aromatic heterocycles. The van der Waals surface area contributed by atoms with Crippen LogP contribution in [-0.4, -0.2) is 97.6 Å².